The van der Waals surface area contributed by atoms with Gasteiger partial charge in [-0.1, -0.05) is 0 Å². The standard InChI is InChI=1S/C4H3S.CH2O3.Cu/c1-2-4-5-3-1;2-1(3)4;/h1-3H;(H2,2,3,4);/q-1;;+1. The molecule has 0 aromatic carbocycles. The molecule has 0 saturated carbocycles. The zero-order valence-electron chi connectivity index (χ0n) is 4.74. The van der Waals surface area contributed by atoms with Crippen molar-refractivity contribution in [3.05, 3.63) is 22.9 Å². The van der Waals surface area contributed by atoms with Gasteiger partial charge in [-0.05, 0) is 0 Å². The Labute approximate surface area is 72.8 Å². The van der Waals surface area contributed by atoms with Gasteiger partial charge in [0.15, 0.2) is 0 Å². The topological polar surface area (TPSA) is 57.5 Å². The van der Waals surface area contributed by atoms with E-state index in [1.54, 1.807) is 11.3 Å². The fraction of sp³-hybridized carbons (Fsp3) is 0. The summed E-state index contributed by atoms with van der Waals surface area (Å²) < 4.78 is 0. The Bertz CT molecular complexity index is 131. The Morgan fingerprint density at radius 2 is 2.00 bits per heavy atom. The van der Waals surface area contributed by atoms with E-state index in [1.807, 2.05) is 17.5 Å². The SMILES string of the molecule is O=C(O)O.[Cu+].[c-]1cccs1. The van der Waals surface area contributed by atoms with Crippen molar-refractivity contribution in [3.8, 4) is 0 Å². The molecule has 0 unspecified atom stereocenters. The van der Waals surface area contributed by atoms with E-state index >= 15 is 0 Å². The number of rotatable bonds is 0. The molecule has 60 valence electrons. The zero-order chi connectivity index (χ0) is 7.11. The van der Waals surface area contributed by atoms with Crippen molar-refractivity contribution < 1.29 is 32.1 Å². The second kappa shape index (κ2) is 8.49. The van der Waals surface area contributed by atoms with Crippen molar-refractivity contribution in [3.63, 3.8) is 0 Å². The van der Waals surface area contributed by atoms with Crippen LogP contribution in [0, 0.1) is 5.38 Å². The number of carbonyl (C=O) groups is 1. The molecule has 0 amide bonds. The molecule has 2 N–H and O–H groups in total. The van der Waals surface area contributed by atoms with Crippen LogP contribution in [0.5, 0.6) is 0 Å². The molecular weight excluding hydrogens is 204 g/mol. The summed E-state index contributed by atoms with van der Waals surface area (Å²) in [5.41, 5.74) is 0. The predicted octanol–water partition coefficient (Wildman–Crippen LogP) is 1.77. The minimum Gasteiger partial charge on any atom is -0.450 e. The molecule has 0 aliphatic carbocycles. The first kappa shape index (κ1) is 12.2. The predicted molar refractivity (Wildman–Crippen MR) is 33.8 cm³/mol. The summed E-state index contributed by atoms with van der Waals surface area (Å²) in [6.07, 6.45) is -1.83. The Kier molecular flexibility index (Phi) is 10.4. The summed E-state index contributed by atoms with van der Waals surface area (Å²) in [6, 6.07) is 3.86. The van der Waals surface area contributed by atoms with Gasteiger partial charge in [0.05, 0.1) is 0 Å². The molecule has 1 aromatic heterocycles. The maximum absolute atomic E-state index is 8.56. The van der Waals surface area contributed by atoms with E-state index in [-0.39, 0.29) is 17.1 Å². The Balaban J connectivity index is 0. The molecule has 0 spiro atoms. The maximum Gasteiger partial charge on any atom is 1.00 e. The third-order valence-electron chi connectivity index (χ3n) is 0.379. The van der Waals surface area contributed by atoms with Crippen molar-refractivity contribution in [1.82, 2.24) is 0 Å². The second-order valence-electron chi connectivity index (χ2n) is 1.01. The summed E-state index contributed by atoms with van der Waals surface area (Å²) in [6.45, 7) is 0. The van der Waals surface area contributed by atoms with Crippen molar-refractivity contribution in [2.45, 2.75) is 0 Å². The molecular formula is C5H5CuO3S. The minimum absolute atomic E-state index is 0. The fourth-order valence-electron chi connectivity index (χ4n) is 0.196. The van der Waals surface area contributed by atoms with Crippen LogP contribution in [-0.2, 0) is 17.1 Å². The van der Waals surface area contributed by atoms with E-state index in [0.29, 0.717) is 0 Å². The van der Waals surface area contributed by atoms with Crippen LogP contribution in [0.2, 0.25) is 0 Å². The third-order valence-corrected chi connectivity index (χ3v) is 0.944. The first-order chi connectivity index (χ1) is 4.23. The van der Waals surface area contributed by atoms with Crippen LogP contribution in [0.25, 0.3) is 0 Å². The third kappa shape index (κ3) is 15.6. The Hall–Kier alpha value is -0.511. The minimum atomic E-state index is -1.83. The van der Waals surface area contributed by atoms with Crippen LogP contribution in [0.3, 0.4) is 0 Å². The van der Waals surface area contributed by atoms with Gasteiger partial charge in [-0.3, -0.25) is 0 Å². The summed E-state index contributed by atoms with van der Waals surface area (Å²) in [7, 11) is 0. The van der Waals surface area contributed by atoms with Crippen LogP contribution in [0.15, 0.2) is 17.5 Å². The van der Waals surface area contributed by atoms with Crippen LogP contribution in [0.1, 0.15) is 0 Å². The molecule has 0 saturated heterocycles. The maximum atomic E-state index is 8.56. The van der Waals surface area contributed by atoms with Gasteiger partial charge in [0, 0.05) is 0 Å². The van der Waals surface area contributed by atoms with Crippen LogP contribution in [0.4, 0.5) is 4.79 Å². The Morgan fingerprint density at radius 3 is 2.10 bits per heavy atom. The summed E-state index contributed by atoms with van der Waals surface area (Å²) in [4.78, 5) is 8.56. The summed E-state index contributed by atoms with van der Waals surface area (Å²) in [5.74, 6) is 0. The largest absolute Gasteiger partial charge is 1.00 e. The van der Waals surface area contributed by atoms with Gasteiger partial charge < -0.3 is 21.5 Å². The van der Waals surface area contributed by atoms with Gasteiger partial charge in [0.2, 0.25) is 0 Å². The van der Waals surface area contributed by atoms with E-state index in [0.717, 1.165) is 0 Å². The van der Waals surface area contributed by atoms with Gasteiger partial charge in [-0.2, -0.15) is 11.4 Å². The first-order valence-corrected chi connectivity index (χ1v) is 2.93. The van der Waals surface area contributed by atoms with Gasteiger partial charge in [0.25, 0.3) is 0 Å². The molecule has 0 aliphatic heterocycles. The second-order valence-corrected chi connectivity index (χ2v) is 1.76. The molecule has 3 nitrogen and oxygen atoms in total. The normalized spacial score (nSPS) is 6.40. The number of thiophene rings is 1. The fourth-order valence-corrected chi connectivity index (χ4v) is 0.589. The number of carboxylic acid groups (broad SMARTS) is 2. The molecule has 1 aromatic rings. The number of hydrogen-bond acceptors (Lipinski definition) is 2. The number of hydrogen-bond donors (Lipinski definition) is 2. The molecule has 0 aliphatic rings. The molecule has 1 heterocycles. The molecule has 0 bridgehead atoms. The molecule has 0 atom stereocenters. The van der Waals surface area contributed by atoms with E-state index in [4.69, 9.17) is 15.0 Å². The van der Waals surface area contributed by atoms with Gasteiger partial charge >= 0.3 is 23.2 Å². The molecule has 10 heavy (non-hydrogen) atoms. The average Bonchev–Trinajstić information content (AvgIpc) is 2.11. The van der Waals surface area contributed by atoms with E-state index in [9.17, 15) is 0 Å². The zero-order valence-corrected chi connectivity index (χ0v) is 6.50. The molecule has 5 heteroatoms. The smallest absolute Gasteiger partial charge is 0.450 e. The van der Waals surface area contributed by atoms with Crippen molar-refractivity contribution >= 4 is 17.5 Å². The average molecular weight is 209 g/mol. The van der Waals surface area contributed by atoms with E-state index < -0.39 is 6.16 Å². The Morgan fingerprint density at radius 1 is 1.50 bits per heavy atom. The molecule has 1 rings (SSSR count). The molecule has 0 radical (unpaired) electrons. The van der Waals surface area contributed by atoms with E-state index in [1.165, 1.54) is 0 Å². The van der Waals surface area contributed by atoms with Crippen molar-refractivity contribution in [2.24, 2.45) is 0 Å². The van der Waals surface area contributed by atoms with E-state index in [2.05, 4.69) is 5.38 Å². The van der Waals surface area contributed by atoms with Crippen LogP contribution >= 0.6 is 11.3 Å². The van der Waals surface area contributed by atoms with Gasteiger partial charge in [-0.25, -0.2) is 10.9 Å². The summed E-state index contributed by atoms with van der Waals surface area (Å²) >= 11 is 1.59. The van der Waals surface area contributed by atoms with Crippen LogP contribution < -0.4 is 0 Å². The van der Waals surface area contributed by atoms with Gasteiger partial charge in [0.1, 0.15) is 0 Å². The van der Waals surface area contributed by atoms with Gasteiger partial charge in [-0.15, -0.1) is 5.38 Å². The monoisotopic (exact) mass is 208 g/mol. The summed E-state index contributed by atoms with van der Waals surface area (Å²) in [5, 5.41) is 18.8. The molecule has 0 fully saturated rings. The quantitative estimate of drug-likeness (QED) is 0.505. The van der Waals surface area contributed by atoms with Crippen molar-refractivity contribution in [1.29, 1.82) is 0 Å². The first-order valence-electron chi connectivity index (χ1n) is 2.05. The van der Waals surface area contributed by atoms with Crippen LogP contribution in [-0.4, -0.2) is 16.4 Å². The van der Waals surface area contributed by atoms with Crippen molar-refractivity contribution in [2.75, 3.05) is 0 Å².